The predicted molar refractivity (Wildman–Crippen MR) is 72.0 cm³/mol. The van der Waals surface area contributed by atoms with Crippen molar-refractivity contribution in [3.8, 4) is 5.69 Å². The SMILES string of the molecule is O=C(O)c1cn(-c2cnn(CCF)c2)c2ccccc12. The fraction of sp³-hybridized carbons (Fsp3) is 0.143. The summed E-state index contributed by atoms with van der Waals surface area (Å²) in [6, 6.07) is 7.25. The van der Waals surface area contributed by atoms with Crippen molar-refractivity contribution >= 4 is 16.9 Å². The minimum absolute atomic E-state index is 0.186. The summed E-state index contributed by atoms with van der Waals surface area (Å²) in [6.45, 7) is -0.307. The van der Waals surface area contributed by atoms with Crippen molar-refractivity contribution in [2.75, 3.05) is 6.67 Å². The number of halogens is 1. The second kappa shape index (κ2) is 4.80. The third-order valence-corrected chi connectivity index (χ3v) is 3.15. The summed E-state index contributed by atoms with van der Waals surface area (Å²) in [4.78, 5) is 11.3. The molecule has 3 aromatic rings. The van der Waals surface area contributed by atoms with Crippen molar-refractivity contribution in [2.45, 2.75) is 6.54 Å². The number of nitrogens with zero attached hydrogens (tertiary/aromatic N) is 3. The molecule has 0 saturated carbocycles. The number of rotatable bonds is 4. The number of fused-ring (bicyclic) bond motifs is 1. The molecule has 0 amide bonds. The lowest BCUT2D eigenvalue weighted by molar-refractivity contribution is 0.0699. The second-order valence-electron chi connectivity index (χ2n) is 4.39. The van der Waals surface area contributed by atoms with Crippen LogP contribution in [0.1, 0.15) is 10.4 Å². The lowest BCUT2D eigenvalue weighted by Crippen LogP contribution is -1.99. The number of hydrogen-bond acceptors (Lipinski definition) is 2. The topological polar surface area (TPSA) is 60.0 Å². The summed E-state index contributed by atoms with van der Waals surface area (Å²) < 4.78 is 15.5. The number of para-hydroxylation sites is 1. The van der Waals surface area contributed by atoms with Crippen LogP contribution in [0.25, 0.3) is 16.6 Å². The maximum Gasteiger partial charge on any atom is 0.337 e. The van der Waals surface area contributed by atoms with E-state index in [-0.39, 0.29) is 12.1 Å². The molecule has 0 bridgehead atoms. The number of carbonyl (C=O) groups is 1. The maximum absolute atomic E-state index is 12.3. The van der Waals surface area contributed by atoms with Gasteiger partial charge in [0.1, 0.15) is 6.67 Å². The van der Waals surface area contributed by atoms with Gasteiger partial charge >= 0.3 is 5.97 Å². The monoisotopic (exact) mass is 273 g/mol. The molecule has 2 aromatic heterocycles. The lowest BCUT2D eigenvalue weighted by atomic mass is 10.2. The van der Waals surface area contributed by atoms with Crippen LogP contribution >= 0.6 is 0 Å². The highest BCUT2D eigenvalue weighted by Gasteiger charge is 2.15. The van der Waals surface area contributed by atoms with Crippen LogP contribution in [-0.4, -0.2) is 32.1 Å². The van der Waals surface area contributed by atoms with Gasteiger partial charge in [-0.3, -0.25) is 4.68 Å². The van der Waals surface area contributed by atoms with Gasteiger partial charge in [-0.15, -0.1) is 0 Å². The molecule has 0 saturated heterocycles. The van der Waals surface area contributed by atoms with Gasteiger partial charge in [0.05, 0.1) is 29.5 Å². The van der Waals surface area contributed by atoms with E-state index in [9.17, 15) is 14.3 Å². The highest BCUT2D eigenvalue weighted by Crippen LogP contribution is 2.24. The Labute approximate surface area is 113 Å². The highest BCUT2D eigenvalue weighted by atomic mass is 19.1. The van der Waals surface area contributed by atoms with Gasteiger partial charge in [-0.25, -0.2) is 9.18 Å². The van der Waals surface area contributed by atoms with Gasteiger partial charge in [-0.05, 0) is 6.07 Å². The molecule has 1 aromatic carbocycles. The quantitative estimate of drug-likeness (QED) is 0.794. The van der Waals surface area contributed by atoms with E-state index in [4.69, 9.17) is 0 Å². The van der Waals surface area contributed by atoms with Gasteiger partial charge in [0.25, 0.3) is 0 Å². The Morgan fingerprint density at radius 1 is 1.30 bits per heavy atom. The Morgan fingerprint density at radius 2 is 2.10 bits per heavy atom. The minimum atomic E-state index is -0.976. The lowest BCUT2D eigenvalue weighted by Gasteiger charge is -2.00. The summed E-state index contributed by atoms with van der Waals surface area (Å²) in [5.74, 6) is -0.976. The summed E-state index contributed by atoms with van der Waals surface area (Å²) in [7, 11) is 0. The van der Waals surface area contributed by atoms with Gasteiger partial charge in [0.2, 0.25) is 0 Å². The number of carboxylic acids is 1. The molecule has 6 heteroatoms. The molecule has 102 valence electrons. The number of hydrogen-bond donors (Lipinski definition) is 1. The summed E-state index contributed by atoms with van der Waals surface area (Å²) in [5.41, 5.74) is 1.73. The highest BCUT2D eigenvalue weighted by molar-refractivity contribution is 6.04. The van der Waals surface area contributed by atoms with E-state index >= 15 is 0 Å². The molecule has 0 aliphatic rings. The molecule has 0 aliphatic carbocycles. The Kier molecular flexibility index (Phi) is 2.98. The van der Waals surface area contributed by atoms with Crippen LogP contribution in [0.3, 0.4) is 0 Å². The molecule has 20 heavy (non-hydrogen) atoms. The van der Waals surface area contributed by atoms with E-state index in [2.05, 4.69) is 5.10 Å². The minimum Gasteiger partial charge on any atom is -0.478 e. The first kappa shape index (κ1) is 12.4. The first-order valence-electron chi connectivity index (χ1n) is 6.13. The molecule has 3 rings (SSSR count). The molecule has 0 unspecified atom stereocenters. The average Bonchev–Trinajstić information content (AvgIpc) is 3.03. The second-order valence-corrected chi connectivity index (χ2v) is 4.39. The van der Waals surface area contributed by atoms with E-state index < -0.39 is 12.6 Å². The van der Waals surface area contributed by atoms with Crippen LogP contribution in [0, 0.1) is 0 Å². The normalized spacial score (nSPS) is 11.1. The fourth-order valence-corrected chi connectivity index (χ4v) is 2.25. The zero-order valence-electron chi connectivity index (χ0n) is 10.5. The Bertz CT molecular complexity index is 776. The van der Waals surface area contributed by atoms with Crippen molar-refractivity contribution in [1.82, 2.24) is 14.3 Å². The van der Waals surface area contributed by atoms with Crippen molar-refractivity contribution in [2.24, 2.45) is 0 Å². The first-order valence-corrected chi connectivity index (χ1v) is 6.13. The van der Waals surface area contributed by atoms with Gasteiger partial charge in [0, 0.05) is 17.8 Å². The third kappa shape index (κ3) is 1.95. The molecular formula is C14H12FN3O2. The molecule has 0 radical (unpaired) electrons. The molecule has 0 atom stereocenters. The van der Waals surface area contributed by atoms with E-state index in [1.165, 1.54) is 4.68 Å². The van der Waals surface area contributed by atoms with Crippen molar-refractivity contribution < 1.29 is 14.3 Å². The van der Waals surface area contributed by atoms with Crippen LogP contribution in [0.4, 0.5) is 4.39 Å². The van der Waals surface area contributed by atoms with Gasteiger partial charge < -0.3 is 9.67 Å². The molecule has 5 nitrogen and oxygen atoms in total. The first-order chi connectivity index (χ1) is 9.70. The van der Waals surface area contributed by atoms with Crippen molar-refractivity contribution in [3.05, 3.63) is 48.4 Å². The number of aromatic nitrogens is 3. The smallest absolute Gasteiger partial charge is 0.337 e. The number of aryl methyl sites for hydroxylation is 1. The number of carboxylic acid groups (broad SMARTS) is 1. The van der Waals surface area contributed by atoms with Gasteiger partial charge in [-0.1, -0.05) is 18.2 Å². The van der Waals surface area contributed by atoms with Crippen LogP contribution in [0.2, 0.25) is 0 Å². The molecular weight excluding hydrogens is 261 g/mol. The number of benzene rings is 1. The zero-order chi connectivity index (χ0) is 14.1. The molecule has 0 fully saturated rings. The van der Waals surface area contributed by atoms with E-state index in [0.29, 0.717) is 11.1 Å². The van der Waals surface area contributed by atoms with E-state index in [1.807, 2.05) is 12.1 Å². The van der Waals surface area contributed by atoms with E-state index in [0.717, 1.165) is 5.52 Å². The van der Waals surface area contributed by atoms with Crippen molar-refractivity contribution in [3.63, 3.8) is 0 Å². The maximum atomic E-state index is 12.3. The third-order valence-electron chi connectivity index (χ3n) is 3.15. The number of alkyl halides is 1. The van der Waals surface area contributed by atoms with Crippen LogP contribution in [0.5, 0.6) is 0 Å². The summed E-state index contributed by atoms with van der Waals surface area (Å²) >= 11 is 0. The van der Waals surface area contributed by atoms with Gasteiger partial charge in [0.15, 0.2) is 0 Å². The standard InChI is InChI=1S/C14H12FN3O2/c15-5-6-17-8-10(7-16-17)18-9-12(14(19)20)11-3-1-2-4-13(11)18/h1-4,7-9H,5-6H2,(H,19,20). The summed E-state index contributed by atoms with van der Waals surface area (Å²) in [6.07, 6.45) is 4.84. The molecule has 1 N–H and O–H groups in total. The van der Waals surface area contributed by atoms with E-state index in [1.54, 1.807) is 35.3 Å². The Balaban J connectivity index is 2.17. The Morgan fingerprint density at radius 3 is 2.85 bits per heavy atom. The predicted octanol–water partition coefficient (Wildman–Crippen LogP) is 2.49. The molecule has 0 aliphatic heterocycles. The summed E-state index contributed by atoms with van der Waals surface area (Å²) in [5, 5.41) is 14.0. The Hall–Kier alpha value is -2.63. The van der Waals surface area contributed by atoms with Gasteiger partial charge in [-0.2, -0.15) is 5.10 Å². The van der Waals surface area contributed by atoms with Crippen molar-refractivity contribution in [1.29, 1.82) is 0 Å². The molecule has 0 spiro atoms. The number of aromatic carboxylic acids is 1. The molecule has 2 heterocycles. The zero-order valence-corrected chi connectivity index (χ0v) is 10.5. The van der Waals surface area contributed by atoms with Crippen LogP contribution in [-0.2, 0) is 6.54 Å². The van der Waals surface area contributed by atoms with Crippen LogP contribution < -0.4 is 0 Å². The largest absolute Gasteiger partial charge is 0.478 e. The van der Waals surface area contributed by atoms with Crippen LogP contribution in [0.15, 0.2) is 42.9 Å². The average molecular weight is 273 g/mol. The fourth-order valence-electron chi connectivity index (χ4n) is 2.25.